The van der Waals surface area contributed by atoms with Gasteiger partial charge in [0.25, 0.3) is 0 Å². The second-order valence-corrected chi connectivity index (χ2v) is 11.3. The molecule has 10 nitrogen and oxygen atoms in total. The van der Waals surface area contributed by atoms with E-state index in [0.29, 0.717) is 12.8 Å². The first-order valence-corrected chi connectivity index (χ1v) is 13.0. The second-order valence-electron chi connectivity index (χ2n) is 11.3. The van der Waals surface area contributed by atoms with Gasteiger partial charge in [-0.15, -0.1) is 0 Å². The fourth-order valence-corrected chi connectivity index (χ4v) is 7.02. The van der Waals surface area contributed by atoms with Crippen LogP contribution >= 0.6 is 0 Å². The Hall–Kier alpha value is -2.46. The number of hydrogen-bond donors (Lipinski definition) is 1. The maximum Gasteiger partial charge on any atom is 0.342 e. The van der Waals surface area contributed by atoms with Crippen molar-refractivity contribution in [1.29, 1.82) is 0 Å². The van der Waals surface area contributed by atoms with E-state index in [1.807, 2.05) is 20.8 Å². The van der Waals surface area contributed by atoms with Crippen molar-refractivity contribution in [3.63, 3.8) is 0 Å². The van der Waals surface area contributed by atoms with Gasteiger partial charge in [-0.2, -0.15) is 0 Å². The maximum absolute atomic E-state index is 12.8. The predicted octanol–water partition coefficient (Wildman–Crippen LogP) is 2.39. The van der Waals surface area contributed by atoms with Crippen molar-refractivity contribution in [3.05, 3.63) is 11.6 Å². The lowest BCUT2D eigenvalue weighted by Gasteiger charge is -2.56. The number of epoxide rings is 1. The van der Waals surface area contributed by atoms with Gasteiger partial charge >= 0.3 is 23.9 Å². The van der Waals surface area contributed by atoms with Crippen LogP contribution in [0.1, 0.15) is 74.1 Å². The predicted molar refractivity (Wildman–Crippen MR) is 128 cm³/mol. The molecule has 0 aromatic carbocycles. The fraction of sp³-hybridized carbons (Fsp3) is 0.778. The minimum Gasteiger partial charge on any atom is -0.462 e. The number of aliphatic hydroxyl groups is 1. The van der Waals surface area contributed by atoms with Crippen molar-refractivity contribution in [2.24, 2.45) is 17.3 Å². The number of carbonyl (C=O) groups is 4. The van der Waals surface area contributed by atoms with Gasteiger partial charge in [-0.3, -0.25) is 14.4 Å². The summed E-state index contributed by atoms with van der Waals surface area (Å²) in [5.41, 5.74) is -2.98. The van der Waals surface area contributed by atoms with Crippen molar-refractivity contribution >= 4 is 23.9 Å². The molecule has 2 saturated heterocycles. The average molecular weight is 523 g/mol. The monoisotopic (exact) mass is 522 g/mol. The van der Waals surface area contributed by atoms with Crippen LogP contribution in [-0.2, 0) is 42.9 Å². The summed E-state index contributed by atoms with van der Waals surface area (Å²) in [4.78, 5) is 49.7. The van der Waals surface area contributed by atoms with E-state index in [1.54, 1.807) is 19.9 Å². The van der Waals surface area contributed by atoms with Crippen LogP contribution in [0.15, 0.2) is 11.6 Å². The van der Waals surface area contributed by atoms with E-state index in [4.69, 9.17) is 23.7 Å². The molecule has 4 rings (SSSR count). The summed E-state index contributed by atoms with van der Waals surface area (Å²) in [5.74, 6) is -3.28. The SMILES string of the molecule is CCC(=O)OC1CC(OC(C)=O)[C@]2(C)C(OC(C)=O)CC/C(C)=C\C3OC(=O)[C@]4(C)OC34C(O)C2[C@H]1C. The van der Waals surface area contributed by atoms with Gasteiger partial charge in [-0.05, 0) is 38.7 Å². The Balaban J connectivity index is 1.91. The van der Waals surface area contributed by atoms with Crippen LogP contribution < -0.4 is 0 Å². The topological polar surface area (TPSA) is 138 Å². The first kappa shape index (κ1) is 27.6. The van der Waals surface area contributed by atoms with Crippen molar-refractivity contribution in [3.8, 4) is 0 Å². The summed E-state index contributed by atoms with van der Waals surface area (Å²) in [7, 11) is 0. The van der Waals surface area contributed by atoms with E-state index >= 15 is 0 Å². The third kappa shape index (κ3) is 4.16. The molecule has 1 spiro atoms. The standard InChI is InChI=1S/C27H38O10/c1-8-21(30)35-17-12-19(34-16(5)29)25(6)18(33-15(4)28)10-9-13(2)11-20-27(23(31)22(25)14(17)3)26(7,37-27)24(32)36-20/h11,14,17-20,22-23,31H,8-10,12H2,1-7H3/b13-11-/t14-,17?,18?,19?,20?,22?,23?,25-,26-,27?/m0/s1. The molecule has 0 radical (unpaired) electrons. The van der Waals surface area contributed by atoms with Crippen LogP contribution in [0.3, 0.4) is 0 Å². The molecule has 0 aromatic rings. The number of allylic oxidation sites excluding steroid dienone is 1. The van der Waals surface area contributed by atoms with Gasteiger partial charge in [-0.25, -0.2) is 4.79 Å². The number of ether oxygens (including phenoxy) is 5. The highest BCUT2D eigenvalue weighted by molar-refractivity contribution is 5.88. The van der Waals surface area contributed by atoms with Gasteiger partial charge in [-0.1, -0.05) is 26.3 Å². The average Bonchev–Trinajstić information content (AvgIpc) is 3.40. The molecular weight excluding hydrogens is 484 g/mol. The molecule has 3 fully saturated rings. The molecule has 10 heteroatoms. The number of hydrogen-bond acceptors (Lipinski definition) is 10. The normalized spacial score (nSPS) is 46.1. The Labute approximate surface area is 217 Å². The van der Waals surface area contributed by atoms with Crippen molar-refractivity contribution in [2.45, 2.75) is 116 Å². The molecule has 0 bridgehead atoms. The van der Waals surface area contributed by atoms with E-state index in [-0.39, 0.29) is 12.8 Å². The number of fused-ring (bicyclic) bond motifs is 1. The summed E-state index contributed by atoms with van der Waals surface area (Å²) in [6.45, 7) is 11.4. The molecule has 4 aliphatic rings. The lowest BCUT2D eigenvalue weighted by Crippen LogP contribution is -2.65. The zero-order valence-corrected chi connectivity index (χ0v) is 22.6. The Morgan fingerprint density at radius 2 is 1.73 bits per heavy atom. The molecule has 1 N–H and O–H groups in total. The number of esters is 4. The summed E-state index contributed by atoms with van der Waals surface area (Å²) >= 11 is 0. The smallest absolute Gasteiger partial charge is 0.342 e. The van der Waals surface area contributed by atoms with Crippen molar-refractivity contribution < 1.29 is 48.0 Å². The van der Waals surface area contributed by atoms with Gasteiger partial charge in [0.2, 0.25) is 0 Å². The Morgan fingerprint density at radius 1 is 1.11 bits per heavy atom. The highest BCUT2D eigenvalue weighted by Crippen LogP contribution is 2.65. The van der Waals surface area contributed by atoms with E-state index in [9.17, 15) is 24.3 Å². The fourth-order valence-electron chi connectivity index (χ4n) is 7.02. The molecule has 0 aromatic heterocycles. The Morgan fingerprint density at radius 3 is 2.30 bits per heavy atom. The third-order valence-electron chi connectivity index (χ3n) is 9.03. The molecule has 37 heavy (non-hydrogen) atoms. The summed E-state index contributed by atoms with van der Waals surface area (Å²) in [6, 6.07) is 0. The molecular formula is C27H38O10. The van der Waals surface area contributed by atoms with E-state index in [0.717, 1.165) is 5.57 Å². The Bertz CT molecular complexity index is 1020. The number of aliphatic hydroxyl groups excluding tert-OH is 1. The number of rotatable bonds is 4. The van der Waals surface area contributed by atoms with Crippen molar-refractivity contribution in [2.75, 3.05) is 0 Å². The first-order valence-electron chi connectivity index (χ1n) is 13.0. The van der Waals surface area contributed by atoms with Crippen LogP contribution in [0.2, 0.25) is 0 Å². The van der Waals surface area contributed by atoms with Crippen LogP contribution in [-0.4, -0.2) is 70.7 Å². The van der Waals surface area contributed by atoms with Crippen LogP contribution in [0, 0.1) is 17.3 Å². The molecule has 1 saturated carbocycles. The van der Waals surface area contributed by atoms with E-state index in [1.165, 1.54) is 13.8 Å². The summed E-state index contributed by atoms with van der Waals surface area (Å²) < 4.78 is 29.2. The van der Waals surface area contributed by atoms with Crippen LogP contribution in [0.25, 0.3) is 0 Å². The van der Waals surface area contributed by atoms with Gasteiger partial charge in [0.15, 0.2) is 17.3 Å². The highest BCUT2D eigenvalue weighted by atomic mass is 16.7. The lowest BCUT2D eigenvalue weighted by atomic mass is 9.53. The minimum absolute atomic E-state index is 0.154. The summed E-state index contributed by atoms with van der Waals surface area (Å²) in [6.07, 6.45) is -1.43. The molecule has 0 amide bonds. The zero-order valence-electron chi connectivity index (χ0n) is 22.6. The largest absolute Gasteiger partial charge is 0.462 e. The van der Waals surface area contributed by atoms with Gasteiger partial charge in [0.1, 0.15) is 18.3 Å². The highest BCUT2D eigenvalue weighted by Gasteiger charge is 2.86. The zero-order chi connectivity index (χ0) is 27.5. The lowest BCUT2D eigenvalue weighted by molar-refractivity contribution is -0.230. The summed E-state index contributed by atoms with van der Waals surface area (Å²) in [5, 5.41) is 12.2. The maximum atomic E-state index is 12.8. The Kier molecular flexibility index (Phi) is 6.99. The molecule has 2 aliphatic heterocycles. The number of carbonyl (C=O) groups excluding carboxylic acids is 4. The van der Waals surface area contributed by atoms with Crippen LogP contribution in [0.4, 0.5) is 0 Å². The first-order chi connectivity index (χ1) is 17.2. The van der Waals surface area contributed by atoms with E-state index in [2.05, 4.69) is 0 Å². The van der Waals surface area contributed by atoms with Crippen LogP contribution in [0.5, 0.6) is 0 Å². The van der Waals surface area contributed by atoms with Gasteiger partial charge in [0, 0.05) is 38.0 Å². The molecule has 10 atom stereocenters. The van der Waals surface area contributed by atoms with E-state index < -0.39 is 82.8 Å². The molecule has 7 unspecified atom stereocenters. The third-order valence-corrected chi connectivity index (χ3v) is 9.03. The molecule has 206 valence electrons. The second kappa shape index (κ2) is 9.38. The quantitative estimate of drug-likeness (QED) is 0.253. The minimum atomic E-state index is -1.39. The molecule has 2 heterocycles. The van der Waals surface area contributed by atoms with Gasteiger partial charge in [0.05, 0.1) is 6.10 Å². The van der Waals surface area contributed by atoms with Gasteiger partial charge < -0.3 is 28.8 Å². The van der Waals surface area contributed by atoms with Crippen molar-refractivity contribution in [1.82, 2.24) is 0 Å². The molecule has 2 aliphatic carbocycles.